The van der Waals surface area contributed by atoms with Gasteiger partial charge in [-0.15, -0.1) is 0 Å². The summed E-state index contributed by atoms with van der Waals surface area (Å²) in [5.41, 5.74) is 2.23. The van der Waals surface area contributed by atoms with E-state index in [1.165, 1.54) is 10.9 Å². The first-order chi connectivity index (χ1) is 8.84. The Morgan fingerprint density at radius 2 is 2.06 bits per heavy atom. The molecular weight excluding hydrogens is 224 g/mol. The standard InChI is InChI=1S/C15H18N2O/c1-11-4-5-14(15-13(11)3-2-8-17-15)18-12-6-9-16-10-7-12/h2-5,8,12,16H,6-7,9-10H2,1H3. The van der Waals surface area contributed by atoms with Crippen molar-refractivity contribution in [3.05, 3.63) is 36.0 Å². The van der Waals surface area contributed by atoms with Crippen LogP contribution in [0.4, 0.5) is 0 Å². The molecule has 1 fully saturated rings. The molecule has 3 nitrogen and oxygen atoms in total. The lowest BCUT2D eigenvalue weighted by Gasteiger charge is -2.24. The summed E-state index contributed by atoms with van der Waals surface area (Å²) in [5, 5.41) is 4.54. The lowest BCUT2D eigenvalue weighted by molar-refractivity contribution is 0.164. The second-order valence-corrected chi connectivity index (χ2v) is 4.85. The Balaban J connectivity index is 1.94. The molecule has 1 aromatic carbocycles. The van der Waals surface area contributed by atoms with Crippen LogP contribution in [0.2, 0.25) is 0 Å². The fraction of sp³-hybridized carbons (Fsp3) is 0.400. The van der Waals surface area contributed by atoms with Gasteiger partial charge in [0.15, 0.2) is 0 Å². The molecular formula is C15H18N2O. The Labute approximate surface area is 107 Å². The average Bonchev–Trinajstić information content (AvgIpc) is 2.44. The van der Waals surface area contributed by atoms with Gasteiger partial charge >= 0.3 is 0 Å². The van der Waals surface area contributed by atoms with Crippen LogP contribution in [0.5, 0.6) is 5.75 Å². The molecule has 3 heteroatoms. The van der Waals surface area contributed by atoms with Crippen LogP contribution >= 0.6 is 0 Å². The highest BCUT2D eigenvalue weighted by Crippen LogP contribution is 2.28. The summed E-state index contributed by atoms with van der Waals surface area (Å²) in [6.45, 7) is 4.20. The Hall–Kier alpha value is -1.61. The predicted octanol–water partition coefficient (Wildman–Crippen LogP) is 2.67. The van der Waals surface area contributed by atoms with Crippen molar-refractivity contribution in [2.45, 2.75) is 25.9 Å². The maximum atomic E-state index is 6.12. The minimum atomic E-state index is 0.319. The van der Waals surface area contributed by atoms with Crippen molar-refractivity contribution in [1.82, 2.24) is 10.3 Å². The van der Waals surface area contributed by atoms with Gasteiger partial charge in [-0.1, -0.05) is 12.1 Å². The van der Waals surface area contributed by atoms with E-state index >= 15 is 0 Å². The van der Waals surface area contributed by atoms with E-state index in [1.807, 2.05) is 18.3 Å². The Morgan fingerprint density at radius 3 is 2.89 bits per heavy atom. The molecule has 0 atom stereocenters. The molecule has 0 bridgehead atoms. The maximum Gasteiger partial charge on any atom is 0.145 e. The van der Waals surface area contributed by atoms with Crippen LogP contribution < -0.4 is 10.1 Å². The van der Waals surface area contributed by atoms with Crippen molar-refractivity contribution >= 4 is 10.9 Å². The zero-order valence-electron chi connectivity index (χ0n) is 10.6. The Morgan fingerprint density at radius 1 is 1.22 bits per heavy atom. The van der Waals surface area contributed by atoms with E-state index in [2.05, 4.69) is 29.4 Å². The van der Waals surface area contributed by atoms with Crippen LogP contribution in [-0.4, -0.2) is 24.2 Å². The van der Waals surface area contributed by atoms with E-state index < -0.39 is 0 Å². The van der Waals surface area contributed by atoms with Crippen molar-refractivity contribution in [2.24, 2.45) is 0 Å². The van der Waals surface area contributed by atoms with Crippen molar-refractivity contribution in [1.29, 1.82) is 0 Å². The fourth-order valence-corrected chi connectivity index (χ4v) is 2.48. The molecule has 0 aliphatic carbocycles. The molecule has 0 spiro atoms. The van der Waals surface area contributed by atoms with Crippen molar-refractivity contribution in [2.75, 3.05) is 13.1 Å². The quantitative estimate of drug-likeness (QED) is 0.879. The topological polar surface area (TPSA) is 34.1 Å². The second-order valence-electron chi connectivity index (χ2n) is 4.85. The van der Waals surface area contributed by atoms with Gasteiger partial charge in [-0.05, 0) is 50.6 Å². The van der Waals surface area contributed by atoms with Crippen molar-refractivity contribution in [3.8, 4) is 5.75 Å². The first-order valence-electron chi connectivity index (χ1n) is 6.56. The molecule has 1 saturated heterocycles. The summed E-state index contributed by atoms with van der Waals surface area (Å²) >= 11 is 0. The molecule has 1 N–H and O–H groups in total. The van der Waals surface area contributed by atoms with Gasteiger partial charge in [-0.2, -0.15) is 0 Å². The number of nitrogens with one attached hydrogen (secondary N) is 1. The van der Waals surface area contributed by atoms with Gasteiger partial charge in [0.05, 0.1) is 0 Å². The number of aryl methyl sites for hydroxylation is 1. The van der Waals surface area contributed by atoms with Gasteiger partial charge < -0.3 is 10.1 Å². The highest BCUT2D eigenvalue weighted by molar-refractivity contribution is 5.87. The number of aromatic nitrogens is 1. The van der Waals surface area contributed by atoms with Gasteiger partial charge in [0.2, 0.25) is 0 Å². The third-order valence-corrected chi connectivity index (χ3v) is 3.53. The van der Waals surface area contributed by atoms with Crippen molar-refractivity contribution in [3.63, 3.8) is 0 Å². The first kappa shape index (κ1) is 11.5. The summed E-state index contributed by atoms with van der Waals surface area (Å²) < 4.78 is 6.12. The minimum absolute atomic E-state index is 0.319. The largest absolute Gasteiger partial charge is 0.488 e. The lowest BCUT2D eigenvalue weighted by atomic mass is 10.1. The monoisotopic (exact) mass is 242 g/mol. The zero-order valence-corrected chi connectivity index (χ0v) is 10.6. The van der Waals surface area contributed by atoms with E-state index in [0.717, 1.165) is 37.2 Å². The summed E-state index contributed by atoms with van der Waals surface area (Å²) in [6, 6.07) is 8.24. The molecule has 2 aromatic rings. The molecule has 2 heterocycles. The zero-order chi connectivity index (χ0) is 12.4. The number of benzene rings is 1. The molecule has 3 rings (SSSR count). The smallest absolute Gasteiger partial charge is 0.145 e. The van der Waals surface area contributed by atoms with Crippen LogP contribution in [0, 0.1) is 6.92 Å². The fourth-order valence-electron chi connectivity index (χ4n) is 2.48. The van der Waals surface area contributed by atoms with E-state index in [0.29, 0.717) is 6.10 Å². The van der Waals surface area contributed by atoms with E-state index in [9.17, 15) is 0 Å². The number of fused-ring (bicyclic) bond motifs is 1. The number of hydrogen-bond acceptors (Lipinski definition) is 3. The van der Waals surface area contributed by atoms with Crippen LogP contribution in [0.15, 0.2) is 30.5 Å². The molecule has 1 aliphatic rings. The summed E-state index contributed by atoms with van der Waals surface area (Å²) in [5.74, 6) is 0.920. The van der Waals surface area contributed by atoms with Gasteiger partial charge in [0.1, 0.15) is 17.4 Å². The second kappa shape index (κ2) is 4.94. The minimum Gasteiger partial charge on any atom is -0.488 e. The average molecular weight is 242 g/mol. The SMILES string of the molecule is Cc1ccc(OC2CCNCC2)c2ncccc12. The van der Waals surface area contributed by atoms with E-state index in [-0.39, 0.29) is 0 Å². The molecule has 0 radical (unpaired) electrons. The van der Waals surface area contributed by atoms with Crippen molar-refractivity contribution < 1.29 is 4.74 Å². The maximum absolute atomic E-state index is 6.12. The van der Waals surface area contributed by atoms with Crippen LogP contribution in [0.1, 0.15) is 18.4 Å². The van der Waals surface area contributed by atoms with Crippen LogP contribution in [0.3, 0.4) is 0 Å². The number of piperidine rings is 1. The molecule has 1 aliphatic heterocycles. The normalized spacial score (nSPS) is 16.9. The molecule has 18 heavy (non-hydrogen) atoms. The van der Waals surface area contributed by atoms with Gasteiger partial charge in [0.25, 0.3) is 0 Å². The lowest BCUT2D eigenvalue weighted by Crippen LogP contribution is -2.34. The van der Waals surface area contributed by atoms with E-state index in [1.54, 1.807) is 0 Å². The summed E-state index contributed by atoms with van der Waals surface area (Å²) in [4.78, 5) is 4.47. The molecule has 94 valence electrons. The number of hydrogen-bond donors (Lipinski definition) is 1. The summed E-state index contributed by atoms with van der Waals surface area (Å²) in [6.07, 6.45) is 4.29. The molecule has 0 unspecified atom stereocenters. The summed E-state index contributed by atoms with van der Waals surface area (Å²) in [7, 11) is 0. The molecule has 0 amide bonds. The molecule has 0 saturated carbocycles. The third kappa shape index (κ3) is 2.18. The third-order valence-electron chi connectivity index (χ3n) is 3.53. The van der Waals surface area contributed by atoms with E-state index in [4.69, 9.17) is 4.74 Å². The number of pyridine rings is 1. The Kier molecular flexibility index (Phi) is 3.15. The van der Waals surface area contributed by atoms with Gasteiger partial charge in [-0.25, -0.2) is 0 Å². The van der Waals surface area contributed by atoms with Gasteiger partial charge in [-0.3, -0.25) is 4.98 Å². The van der Waals surface area contributed by atoms with Gasteiger partial charge in [0, 0.05) is 11.6 Å². The molecule has 1 aromatic heterocycles. The van der Waals surface area contributed by atoms with Crippen LogP contribution in [0.25, 0.3) is 10.9 Å². The number of nitrogens with zero attached hydrogens (tertiary/aromatic N) is 1. The highest BCUT2D eigenvalue weighted by atomic mass is 16.5. The predicted molar refractivity (Wildman–Crippen MR) is 73.0 cm³/mol. The number of ether oxygens (including phenoxy) is 1. The first-order valence-corrected chi connectivity index (χ1v) is 6.56. The van der Waals surface area contributed by atoms with Crippen LogP contribution in [-0.2, 0) is 0 Å². The Bertz CT molecular complexity index is 547. The highest BCUT2D eigenvalue weighted by Gasteiger charge is 2.16. The number of rotatable bonds is 2.